The molecule has 1 heterocycles. The van der Waals surface area contributed by atoms with E-state index in [0.717, 1.165) is 29.3 Å². The molecule has 0 spiro atoms. The molecule has 1 atom stereocenters. The highest BCUT2D eigenvalue weighted by molar-refractivity contribution is 5.85. The molecule has 1 aromatic heterocycles. The third-order valence-electron chi connectivity index (χ3n) is 4.13. The highest BCUT2D eigenvalue weighted by Gasteiger charge is 2.10. The molecule has 26 heavy (non-hydrogen) atoms. The first kappa shape index (κ1) is 18.0. The van der Waals surface area contributed by atoms with E-state index in [-0.39, 0.29) is 11.9 Å². The number of fused-ring (bicyclic) bond motifs is 1. The van der Waals surface area contributed by atoms with E-state index in [9.17, 15) is 4.39 Å². The Balaban J connectivity index is 1.54. The Hall–Kier alpha value is -2.82. The molecule has 0 fully saturated rings. The van der Waals surface area contributed by atoms with Crippen LogP contribution in [0.2, 0.25) is 0 Å². The molecule has 0 amide bonds. The van der Waals surface area contributed by atoms with Gasteiger partial charge in [-0.3, -0.25) is 0 Å². The minimum absolute atomic E-state index is 0.0187. The lowest BCUT2D eigenvalue weighted by molar-refractivity contribution is 0.194. The third-order valence-corrected chi connectivity index (χ3v) is 4.13. The van der Waals surface area contributed by atoms with E-state index in [1.54, 1.807) is 18.2 Å². The zero-order valence-corrected chi connectivity index (χ0v) is 15.0. The van der Waals surface area contributed by atoms with Gasteiger partial charge in [0.1, 0.15) is 17.1 Å². The first-order valence-corrected chi connectivity index (χ1v) is 8.74. The van der Waals surface area contributed by atoms with Gasteiger partial charge in [0.2, 0.25) is 0 Å². The number of nitrogens with zero attached hydrogens (tertiary/aromatic N) is 1. The number of aromatic nitrogens is 1. The molecular formula is C21H23FN2O2. The van der Waals surface area contributed by atoms with Gasteiger partial charge in [-0.05, 0) is 62.6 Å². The monoisotopic (exact) mass is 354 g/mol. The van der Waals surface area contributed by atoms with Crippen molar-refractivity contribution in [2.45, 2.75) is 32.8 Å². The van der Waals surface area contributed by atoms with Gasteiger partial charge in [0.05, 0.1) is 12.7 Å². The Morgan fingerprint density at radius 2 is 1.96 bits per heavy atom. The number of hydrogen-bond acceptors (Lipinski definition) is 4. The van der Waals surface area contributed by atoms with Gasteiger partial charge in [-0.25, -0.2) is 9.37 Å². The normalized spacial score (nSPS) is 12.1. The van der Waals surface area contributed by atoms with Crippen LogP contribution in [0, 0.1) is 12.7 Å². The van der Waals surface area contributed by atoms with Crippen molar-refractivity contribution in [1.82, 2.24) is 4.98 Å². The Morgan fingerprint density at radius 3 is 2.81 bits per heavy atom. The average molecular weight is 354 g/mol. The van der Waals surface area contributed by atoms with E-state index in [1.807, 2.05) is 38.1 Å². The fraction of sp³-hybridized carbons (Fsp3) is 0.286. The van der Waals surface area contributed by atoms with Crippen molar-refractivity contribution in [3.8, 4) is 11.5 Å². The molecule has 0 bridgehead atoms. The van der Waals surface area contributed by atoms with Crippen LogP contribution in [0.1, 0.15) is 25.3 Å². The summed E-state index contributed by atoms with van der Waals surface area (Å²) in [4.78, 5) is 4.37. The Labute approximate surface area is 152 Å². The molecule has 5 heteroatoms. The van der Waals surface area contributed by atoms with Gasteiger partial charge in [-0.2, -0.15) is 0 Å². The van der Waals surface area contributed by atoms with E-state index in [1.165, 1.54) is 6.07 Å². The van der Waals surface area contributed by atoms with Crippen molar-refractivity contribution < 1.29 is 13.9 Å². The minimum Gasteiger partial charge on any atom is -0.491 e. The minimum atomic E-state index is -0.334. The predicted octanol–water partition coefficient (Wildman–Crippen LogP) is 4.89. The number of pyridine rings is 1. The van der Waals surface area contributed by atoms with Crippen LogP contribution in [0.4, 0.5) is 10.2 Å². The predicted molar refractivity (Wildman–Crippen MR) is 102 cm³/mol. The molecular weight excluding hydrogens is 331 g/mol. The van der Waals surface area contributed by atoms with Crippen LogP contribution in [0.25, 0.3) is 10.9 Å². The second-order valence-corrected chi connectivity index (χ2v) is 6.42. The van der Waals surface area contributed by atoms with E-state index in [2.05, 4.69) is 4.98 Å². The summed E-state index contributed by atoms with van der Waals surface area (Å²) < 4.78 is 25.2. The summed E-state index contributed by atoms with van der Waals surface area (Å²) in [7, 11) is 0. The number of para-hydroxylation sites is 1. The van der Waals surface area contributed by atoms with Gasteiger partial charge in [0, 0.05) is 5.39 Å². The Kier molecular flexibility index (Phi) is 5.56. The summed E-state index contributed by atoms with van der Waals surface area (Å²) in [5.41, 5.74) is 7.52. The van der Waals surface area contributed by atoms with Gasteiger partial charge in [-0.1, -0.05) is 18.2 Å². The number of anilines is 1. The molecule has 0 radical (unpaired) electrons. The number of benzene rings is 2. The van der Waals surface area contributed by atoms with E-state index in [0.29, 0.717) is 23.9 Å². The molecule has 2 N–H and O–H groups in total. The second-order valence-electron chi connectivity index (χ2n) is 6.42. The SMILES string of the molecule is Cc1ccc(F)c(OCCCC(C)Oc2cccc3ccc(N)nc23)c1. The summed E-state index contributed by atoms with van der Waals surface area (Å²) in [6.45, 7) is 4.35. The van der Waals surface area contributed by atoms with Crippen molar-refractivity contribution in [1.29, 1.82) is 0 Å². The molecule has 4 nitrogen and oxygen atoms in total. The highest BCUT2D eigenvalue weighted by atomic mass is 19.1. The Bertz CT molecular complexity index is 898. The third kappa shape index (κ3) is 4.42. The molecule has 0 aliphatic heterocycles. The summed E-state index contributed by atoms with van der Waals surface area (Å²) in [5.74, 6) is 1.15. The maximum atomic E-state index is 13.7. The topological polar surface area (TPSA) is 57.4 Å². The maximum absolute atomic E-state index is 13.7. The van der Waals surface area contributed by atoms with Crippen LogP contribution in [-0.2, 0) is 0 Å². The van der Waals surface area contributed by atoms with E-state index in [4.69, 9.17) is 15.2 Å². The number of ether oxygens (including phenoxy) is 2. The van der Waals surface area contributed by atoms with Crippen molar-refractivity contribution >= 4 is 16.7 Å². The quantitative estimate of drug-likeness (QED) is 0.614. The van der Waals surface area contributed by atoms with Crippen molar-refractivity contribution in [2.75, 3.05) is 12.3 Å². The lowest BCUT2D eigenvalue weighted by atomic mass is 10.2. The lowest BCUT2D eigenvalue weighted by Crippen LogP contribution is -2.14. The van der Waals surface area contributed by atoms with Crippen LogP contribution >= 0.6 is 0 Å². The molecule has 0 saturated heterocycles. The molecule has 2 aromatic carbocycles. The first-order chi connectivity index (χ1) is 12.5. The number of halogens is 1. The van der Waals surface area contributed by atoms with Crippen LogP contribution in [0.5, 0.6) is 11.5 Å². The molecule has 0 aliphatic rings. The van der Waals surface area contributed by atoms with E-state index < -0.39 is 0 Å². The number of nitrogens with two attached hydrogens (primary N) is 1. The standard InChI is InChI=1S/C21H23FN2O2/c1-14-8-10-17(22)19(13-14)25-12-4-5-15(2)26-18-7-3-6-16-9-11-20(23)24-21(16)18/h3,6-11,13,15H,4-5,12H2,1-2H3,(H2,23,24). The molecule has 3 rings (SSSR count). The number of aryl methyl sites for hydroxylation is 1. The first-order valence-electron chi connectivity index (χ1n) is 8.74. The number of rotatable bonds is 7. The summed E-state index contributed by atoms with van der Waals surface area (Å²) in [5, 5.41) is 0.988. The van der Waals surface area contributed by atoms with Crippen LogP contribution in [-0.4, -0.2) is 17.7 Å². The van der Waals surface area contributed by atoms with Crippen molar-refractivity contribution in [3.63, 3.8) is 0 Å². The second kappa shape index (κ2) is 8.04. The van der Waals surface area contributed by atoms with Gasteiger partial charge in [0.25, 0.3) is 0 Å². The smallest absolute Gasteiger partial charge is 0.165 e. The summed E-state index contributed by atoms with van der Waals surface area (Å²) >= 11 is 0. The lowest BCUT2D eigenvalue weighted by Gasteiger charge is -2.16. The van der Waals surface area contributed by atoms with Gasteiger partial charge in [0.15, 0.2) is 11.6 Å². The Morgan fingerprint density at radius 1 is 1.12 bits per heavy atom. The summed E-state index contributed by atoms with van der Waals surface area (Å²) in [6, 6.07) is 14.4. The number of hydrogen-bond donors (Lipinski definition) is 1. The molecule has 1 unspecified atom stereocenters. The zero-order chi connectivity index (χ0) is 18.5. The molecule has 0 aliphatic carbocycles. The molecule has 136 valence electrons. The van der Waals surface area contributed by atoms with Crippen LogP contribution in [0.15, 0.2) is 48.5 Å². The highest BCUT2D eigenvalue weighted by Crippen LogP contribution is 2.26. The summed E-state index contributed by atoms with van der Waals surface area (Å²) in [6.07, 6.45) is 1.52. The molecule has 3 aromatic rings. The van der Waals surface area contributed by atoms with Crippen LogP contribution in [0.3, 0.4) is 0 Å². The van der Waals surface area contributed by atoms with Crippen LogP contribution < -0.4 is 15.2 Å². The van der Waals surface area contributed by atoms with Crippen molar-refractivity contribution in [3.05, 3.63) is 59.9 Å². The average Bonchev–Trinajstić information content (AvgIpc) is 2.62. The van der Waals surface area contributed by atoms with Crippen molar-refractivity contribution in [2.24, 2.45) is 0 Å². The molecule has 0 saturated carbocycles. The zero-order valence-electron chi connectivity index (χ0n) is 15.0. The maximum Gasteiger partial charge on any atom is 0.165 e. The largest absolute Gasteiger partial charge is 0.491 e. The van der Waals surface area contributed by atoms with Gasteiger partial charge < -0.3 is 15.2 Å². The van der Waals surface area contributed by atoms with Gasteiger partial charge in [-0.15, -0.1) is 0 Å². The fourth-order valence-electron chi connectivity index (χ4n) is 2.78. The van der Waals surface area contributed by atoms with Gasteiger partial charge >= 0.3 is 0 Å². The number of nitrogen functional groups attached to an aromatic ring is 1. The fourth-order valence-corrected chi connectivity index (χ4v) is 2.78. The van der Waals surface area contributed by atoms with E-state index >= 15 is 0 Å².